The molecule has 104 valence electrons. The van der Waals surface area contributed by atoms with Crippen LogP contribution in [0.3, 0.4) is 0 Å². The van der Waals surface area contributed by atoms with Crippen LogP contribution in [-0.4, -0.2) is 16.8 Å². The van der Waals surface area contributed by atoms with Crippen molar-refractivity contribution in [2.45, 2.75) is 20.8 Å². The lowest BCUT2D eigenvalue weighted by Crippen LogP contribution is -1.95. The molecule has 0 amide bonds. The van der Waals surface area contributed by atoms with Crippen LogP contribution in [0.5, 0.6) is 5.75 Å². The van der Waals surface area contributed by atoms with E-state index in [4.69, 9.17) is 0 Å². The van der Waals surface area contributed by atoms with E-state index in [1.54, 1.807) is 18.2 Å². The van der Waals surface area contributed by atoms with Gasteiger partial charge in [0.1, 0.15) is 5.75 Å². The number of benzene rings is 2. The van der Waals surface area contributed by atoms with Crippen LogP contribution in [-0.2, 0) is 0 Å². The fourth-order valence-electron chi connectivity index (χ4n) is 2.50. The number of aryl methyl sites for hydroxylation is 3. The standard InChI is InChI=1S/C18H20O2/c1-12-8-13(2)10-15(9-12)17(6-7-19)18-11-16(20)5-4-14(18)3/h4-6,8-11,19-20H,7H2,1-3H3/b17-6-. The molecule has 0 spiro atoms. The van der Waals surface area contributed by atoms with Gasteiger partial charge in [-0.2, -0.15) is 0 Å². The summed E-state index contributed by atoms with van der Waals surface area (Å²) in [6, 6.07) is 11.6. The van der Waals surface area contributed by atoms with E-state index in [1.165, 1.54) is 11.1 Å². The van der Waals surface area contributed by atoms with Crippen LogP contribution in [0.25, 0.3) is 5.57 Å². The molecule has 0 heterocycles. The van der Waals surface area contributed by atoms with Crippen LogP contribution in [0.4, 0.5) is 0 Å². The minimum Gasteiger partial charge on any atom is -0.508 e. The SMILES string of the molecule is Cc1cc(C)cc(/C(=C/CO)c2cc(O)ccc2C)c1. The highest BCUT2D eigenvalue weighted by Crippen LogP contribution is 2.30. The predicted molar refractivity (Wildman–Crippen MR) is 82.9 cm³/mol. The second-order valence-electron chi connectivity index (χ2n) is 5.18. The lowest BCUT2D eigenvalue weighted by atomic mass is 9.92. The molecule has 0 unspecified atom stereocenters. The Kier molecular flexibility index (Phi) is 4.26. The van der Waals surface area contributed by atoms with Crippen LogP contribution < -0.4 is 0 Å². The first-order valence-electron chi connectivity index (χ1n) is 6.71. The fraction of sp³-hybridized carbons (Fsp3) is 0.222. The zero-order valence-corrected chi connectivity index (χ0v) is 12.1. The van der Waals surface area contributed by atoms with Crippen molar-refractivity contribution in [3.05, 3.63) is 70.3 Å². The van der Waals surface area contributed by atoms with Crippen LogP contribution >= 0.6 is 0 Å². The zero-order valence-electron chi connectivity index (χ0n) is 12.1. The molecule has 0 bridgehead atoms. The van der Waals surface area contributed by atoms with Gasteiger partial charge in [0.05, 0.1) is 6.61 Å². The van der Waals surface area contributed by atoms with Crippen molar-refractivity contribution in [2.24, 2.45) is 0 Å². The summed E-state index contributed by atoms with van der Waals surface area (Å²) in [5.74, 6) is 0.235. The molecule has 0 aliphatic rings. The Balaban J connectivity index is 2.62. The Morgan fingerprint density at radius 3 is 2.25 bits per heavy atom. The van der Waals surface area contributed by atoms with E-state index in [1.807, 2.05) is 13.0 Å². The third-order valence-corrected chi connectivity index (χ3v) is 3.34. The van der Waals surface area contributed by atoms with E-state index in [9.17, 15) is 10.2 Å². The average molecular weight is 268 g/mol. The van der Waals surface area contributed by atoms with Crippen molar-refractivity contribution >= 4 is 5.57 Å². The first-order chi connectivity index (χ1) is 9.51. The van der Waals surface area contributed by atoms with E-state index in [0.29, 0.717) is 0 Å². The Hall–Kier alpha value is -2.06. The van der Waals surface area contributed by atoms with Crippen molar-refractivity contribution in [1.82, 2.24) is 0 Å². The van der Waals surface area contributed by atoms with Crippen molar-refractivity contribution in [1.29, 1.82) is 0 Å². The lowest BCUT2D eigenvalue weighted by molar-refractivity contribution is 0.343. The Morgan fingerprint density at radius 1 is 1.00 bits per heavy atom. The van der Waals surface area contributed by atoms with E-state index in [0.717, 1.165) is 22.3 Å². The summed E-state index contributed by atoms with van der Waals surface area (Å²) in [5.41, 5.74) is 6.40. The smallest absolute Gasteiger partial charge is 0.116 e. The summed E-state index contributed by atoms with van der Waals surface area (Å²) in [6.45, 7) is 6.09. The number of phenolic OH excluding ortho intramolecular Hbond substituents is 1. The molecular formula is C18H20O2. The van der Waals surface area contributed by atoms with E-state index < -0.39 is 0 Å². The Labute approximate surface area is 120 Å². The molecule has 0 fully saturated rings. The molecule has 2 heteroatoms. The topological polar surface area (TPSA) is 40.5 Å². The first-order valence-corrected chi connectivity index (χ1v) is 6.71. The lowest BCUT2D eigenvalue weighted by Gasteiger charge is -2.13. The normalized spacial score (nSPS) is 11.7. The van der Waals surface area contributed by atoms with Gasteiger partial charge in [0.25, 0.3) is 0 Å². The number of hydrogen-bond acceptors (Lipinski definition) is 2. The molecule has 0 radical (unpaired) electrons. The quantitative estimate of drug-likeness (QED) is 0.890. The Bertz CT molecular complexity index is 634. The molecule has 2 nitrogen and oxygen atoms in total. The summed E-state index contributed by atoms with van der Waals surface area (Å²) in [6.07, 6.45) is 1.79. The summed E-state index contributed by atoms with van der Waals surface area (Å²) >= 11 is 0. The molecule has 0 aliphatic heterocycles. The van der Waals surface area contributed by atoms with Gasteiger partial charge in [0.2, 0.25) is 0 Å². The van der Waals surface area contributed by atoms with Gasteiger partial charge < -0.3 is 10.2 Å². The van der Waals surface area contributed by atoms with Crippen LogP contribution in [0, 0.1) is 20.8 Å². The van der Waals surface area contributed by atoms with Gasteiger partial charge in [-0.15, -0.1) is 0 Å². The highest BCUT2D eigenvalue weighted by molar-refractivity contribution is 5.82. The van der Waals surface area contributed by atoms with Crippen molar-refractivity contribution in [2.75, 3.05) is 6.61 Å². The molecule has 2 N–H and O–H groups in total. The molecule has 0 saturated carbocycles. The third kappa shape index (κ3) is 3.09. The maximum absolute atomic E-state index is 9.72. The van der Waals surface area contributed by atoms with Crippen molar-refractivity contribution in [3.8, 4) is 5.75 Å². The molecule has 0 aliphatic carbocycles. The monoisotopic (exact) mass is 268 g/mol. The summed E-state index contributed by atoms with van der Waals surface area (Å²) in [5, 5.41) is 19.0. The van der Waals surface area contributed by atoms with Gasteiger partial charge in [0, 0.05) is 0 Å². The Morgan fingerprint density at radius 2 is 1.65 bits per heavy atom. The molecular weight excluding hydrogens is 248 g/mol. The summed E-state index contributed by atoms with van der Waals surface area (Å²) in [4.78, 5) is 0. The number of aliphatic hydroxyl groups is 1. The number of hydrogen-bond donors (Lipinski definition) is 2. The molecule has 0 saturated heterocycles. The molecule has 2 aromatic rings. The van der Waals surface area contributed by atoms with Crippen LogP contribution in [0.15, 0.2) is 42.5 Å². The minimum atomic E-state index is -0.0303. The van der Waals surface area contributed by atoms with E-state index in [2.05, 4.69) is 32.0 Å². The molecule has 2 rings (SSSR count). The van der Waals surface area contributed by atoms with Gasteiger partial charge in [0.15, 0.2) is 0 Å². The van der Waals surface area contributed by atoms with Gasteiger partial charge in [-0.25, -0.2) is 0 Å². The predicted octanol–water partition coefficient (Wildman–Crippen LogP) is 3.74. The molecule has 20 heavy (non-hydrogen) atoms. The van der Waals surface area contributed by atoms with E-state index in [-0.39, 0.29) is 12.4 Å². The average Bonchev–Trinajstić information content (AvgIpc) is 2.38. The van der Waals surface area contributed by atoms with Gasteiger partial charge in [-0.1, -0.05) is 41.5 Å². The van der Waals surface area contributed by atoms with E-state index >= 15 is 0 Å². The summed E-state index contributed by atoms with van der Waals surface area (Å²) < 4.78 is 0. The number of aromatic hydroxyl groups is 1. The fourth-order valence-corrected chi connectivity index (χ4v) is 2.50. The largest absolute Gasteiger partial charge is 0.508 e. The summed E-state index contributed by atoms with van der Waals surface area (Å²) in [7, 11) is 0. The number of rotatable bonds is 3. The maximum atomic E-state index is 9.72. The van der Waals surface area contributed by atoms with Crippen molar-refractivity contribution in [3.63, 3.8) is 0 Å². The second kappa shape index (κ2) is 5.93. The third-order valence-electron chi connectivity index (χ3n) is 3.34. The number of phenols is 1. The van der Waals surface area contributed by atoms with Gasteiger partial charge >= 0.3 is 0 Å². The van der Waals surface area contributed by atoms with Gasteiger partial charge in [-0.05, 0) is 55.2 Å². The first kappa shape index (κ1) is 14.4. The van der Waals surface area contributed by atoms with Crippen LogP contribution in [0.1, 0.15) is 27.8 Å². The maximum Gasteiger partial charge on any atom is 0.116 e. The minimum absolute atomic E-state index is 0.0303. The van der Waals surface area contributed by atoms with Crippen LogP contribution in [0.2, 0.25) is 0 Å². The molecule has 2 aromatic carbocycles. The van der Waals surface area contributed by atoms with Crippen molar-refractivity contribution < 1.29 is 10.2 Å². The van der Waals surface area contributed by atoms with Gasteiger partial charge in [-0.3, -0.25) is 0 Å². The number of aliphatic hydroxyl groups excluding tert-OH is 1. The zero-order chi connectivity index (χ0) is 14.7. The highest BCUT2D eigenvalue weighted by Gasteiger charge is 2.09. The molecule has 0 aromatic heterocycles. The highest BCUT2D eigenvalue weighted by atomic mass is 16.3. The second-order valence-corrected chi connectivity index (χ2v) is 5.18. The molecule has 0 atom stereocenters.